The van der Waals surface area contributed by atoms with Crippen LogP contribution < -0.4 is 0 Å². The molecule has 2 rings (SSSR count). The molecule has 1 aromatic rings. The van der Waals surface area contributed by atoms with Gasteiger partial charge in [0.25, 0.3) is 0 Å². The Bertz CT molecular complexity index is 386. The van der Waals surface area contributed by atoms with E-state index in [1.54, 1.807) is 6.92 Å². The van der Waals surface area contributed by atoms with Gasteiger partial charge in [-0.1, -0.05) is 0 Å². The van der Waals surface area contributed by atoms with Crippen LogP contribution in [0.15, 0.2) is 9.08 Å². The predicted molar refractivity (Wildman–Crippen MR) is 61.0 cm³/mol. The summed E-state index contributed by atoms with van der Waals surface area (Å²) >= 11 is 6.92. The van der Waals surface area contributed by atoms with E-state index in [9.17, 15) is 4.79 Å². The molecule has 0 aliphatic carbocycles. The first kappa shape index (κ1) is 10.2. The summed E-state index contributed by atoms with van der Waals surface area (Å²) in [4.78, 5) is 16.3. The molecule has 1 aliphatic rings. The Morgan fingerprint density at radius 2 is 2.21 bits per heavy atom. The fourth-order valence-corrected chi connectivity index (χ4v) is 2.63. The van der Waals surface area contributed by atoms with Crippen LogP contribution in [0.1, 0.15) is 18.2 Å². The van der Waals surface area contributed by atoms with Gasteiger partial charge in [0.15, 0.2) is 0 Å². The fraction of sp³-hybridized carbons (Fsp3) is 0.444. The zero-order valence-electron chi connectivity index (χ0n) is 7.73. The van der Waals surface area contributed by atoms with E-state index in [0.29, 0.717) is 6.54 Å². The molecule has 1 aliphatic heterocycles. The monoisotopic (exact) mass is 320 g/mol. The van der Waals surface area contributed by atoms with E-state index in [0.717, 1.165) is 22.0 Å². The summed E-state index contributed by atoms with van der Waals surface area (Å²) in [5.74, 6) is 0.139. The Balaban J connectivity index is 2.33. The average molecular weight is 322 g/mol. The molecule has 0 radical (unpaired) electrons. The second-order valence-corrected chi connectivity index (χ2v) is 4.99. The van der Waals surface area contributed by atoms with Gasteiger partial charge < -0.3 is 9.88 Å². The van der Waals surface area contributed by atoms with Crippen LogP contribution in [0.3, 0.4) is 0 Å². The summed E-state index contributed by atoms with van der Waals surface area (Å²) in [5, 5.41) is 0. The van der Waals surface area contributed by atoms with Crippen LogP contribution in [-0.4, -0.2) is 22.3 Å². The molecule has 1 aromatic heterocycles. The Labute approximate surface area is 99.1 Å². The minimum atomic E-state index is 0.139. The SMILES string of the molecule is CC(=O)N1CCc2[nH]c(Br)c(Br)c2C1. The molecule has 5 heteroatoms. The smallest absolute Gasteiger partial charge is 0.219 e. The molecule has 1 amide bonds. The first-order valence-corrected chi connectivity index (χ1v) is 5.98. The lowest BCUT2D eigenvalue weighted by Gasteiger charge is -2.25. The molecule has 0 spiro atoms. The Kier molecular flexibility index (Phi) is 2.70. The van der Waals surface area contributed by atoms with Crippen LogP contribution in [0, 0.1) is 0 Å². The van der Waals surface area contributed by atoms with Gasteiger partial charge in [-0.2, -0.15) is 0 Å². The van der Waals surface area contributed by atoms with E-state index in [-0.39, 0.29) is 5.91 Å². The number of halogens is 2. The highest BCUT2D eigenvalue weighted by Crippen LogP contribution is 2.32. The largest absolute Gasteiger partial charge is 0.352 e. The minimum Gasteiger partial charge on any atom is -0.352 e. The molecule has 0 bridgehead atoms. The van der Waals surface area contributed by atoms with Crippen LogP contribution in [0.25, 0.3) is 0 Å². The molecule has 0 fully saturated rings. The summed E-state index contributed by atoms with van der Waals surface area (Å²) in [6.45, 7) is 3.12. The van der Waals surface area contributed by atoms with Crippen molar-refractivity contribution in [1.82, 2.24) is 9.88 Å². The number of carbonyl (C=O) groups excluding carboxylic acids is 1. The molecule has 2 heterocycles. The standard InChI is InChI=1S/C9H10Br2N2O/c1-5(14)13-3-2-7-6(4-13)8(10)9(11)12-7/h12H,2-4H2,1H3. The second kappa shape index (κ2) is 3.70. The highest BCUT2D eigenvalue weighted by atomic mass is 79.9. The van der Waals surface area contributed by atoms with Gasteiger partial charge in [0.05, 0.1) is 9.08 Å². The summed E-state index contributed by atoms with van der Waals surface area (Å²) in [5.41, 5.74) is 2.42. The van der Waals surface area contributed by atoms with Gasteiger partial charge in [0.2, 0.25) is 5.91 Å². The molecule has 14 heavy (non-hydrogen) atoms. The van der Waals surface area contributed by atoms with Crippen LogP contribution in [0.4, 0.5) is 0 Å². The van der Waals surface area contributed by atoms with Crippen molar-refractivity contribution in [3.05, 3.63) is 20.3 Å². The number of amides is 1. The molecule has 0 unspecified atom stereocenters. The van der Waals surface area contributed by atoms with Crippen molar-refractivity contribution in [3.8, 4) is 0 Å². The topological polar surface area (TPSA) is 36.1 Å². The van der Waals surface area contributed by atoms with E-state index < -0.39 is 0 Å². The number of aromatic nitrogens is 1. The zero-order chi connectivity index (χ0) is 10.3. The molecule has 0 aromatic carbocycles. The second-order valence-electron chi connectivity index (χ2n) is 3.40. The summed E-state index contributed by atoms with van der Waals surface area (Å²) in [6.07, 6.45) is 0.902. The molecule has 76 valence electrons. The maximum Gasteiger partial charge on any atom is 0.219 e. The maximum atomic E-state index is 11.2. The lowest BCUT2D eigenvalue weighted by atomic mass is 10.1. The number of hydrogen-bond donors (Lipinski definition) is 1. The molecule has 1 N–H and O–H groups in total. The maximum absolute atomic E-state index is 11.2. The van der Waals surface area contributed by atoms with Gasteiger partial charge in [-0.25, -0.2) is 0 Å². The number of H-pyrrole nitrogens is 1. The van der Waals surface area contributed by atoms with E-state index in [2.05, 4.69) is 36.8 Å². The number of carbonyl (C=O) groups is 1. The van der Waals surface area contributed by atoms with Crippen molar-refractivity contribution in [2.75, 3.05) is 6.54 Å². The van der Waals surface area contributed by atoms with Crippen molar-refractivity contribution < 1.29 is 4.79 Å². The third-order valence-electron chi connectivity index (χ3n) is 2.51. The normalized spacial score (nSPS) is 15.5. The van der Waals surface area contributed by atoms with Crippen molar-refractivity contribution in [2.45, 2.75) is 19.9 Å². The Hall–Kier alpha value is -0.290. The van der Waals surface area contributed by atoms with Crippen LogP contribution in [0.2, 0.25) is 0 Å². The van der Waals surface area contributed by atoms with E-state index in [4.69, 9.17) is 0 Å². The van der Waals surface area contributed by atoms with Crippen LogP contribution in [-0.2, 0) is 17.8 Å². The number of fused-ring (bicyclic) bond motifs is 1. The Morgan fingerprint density at radius 3 is 2.86 bits per heavy atom. The number of nitrogens with zero attached hydrogens (tertiary/aromatic N) is 1. The quantitative estimate of drug-likeness (QED) is 0.783. The first-order chi connectivity index (χ1) is 6.59. The highest BCUT2D eigenvalue weighted by molar-refractivity contribution is 9.13. The third kappa shape index (κ3) is 1.63. The summed E-state index contributed by atoms with van der Waals surface area (Å²) in [6, 6.07) is 0. The average Bonchev–Trinajstić information content (AvgIpc) is 2.43. The zero-order valence-corrected chi connectivity index (χ0v) is 10.9. The van der Waals surface area contributed by atoms with Crippen molar-refractivity contribution in [1.29, 1.82) is 0 Å². The van der Waals surface area contributed by atoms with Crippen molar-refractivity contribution in [2.24, 2.45) is 0 Å². The third-order valence-corrected chi connectivity index (χ3v) is 4.51. The van der Waals surface area contributed by atoms with Gasteiger partial charge in [-0.05, 0) is 31.9 Å². The van der Waals surface area contributed by atoms with Crippen molar-refractivity contribution >= 4 is 37.8 Å². The number of rotatable bonds is 0. The number of hydrogen-bond acceptors (Lipinski definition) is 1. The van der Waals surface area contributed by atoms with Gasteiger partial charge in [0, 0.05) is 37.7 Å². The Morgan fingerprint density at radius 1 is 1.50 bits per heavy atom. The van der Waals surface area contributed by atoms with Gasteiger partial charge >= 0.3 is 0 Å². The minimum absolute atomic E-state index is 0.139. The molecular formula is C9H10Br2N2O. The highest BCUT2D eigenvalue weighted by Gasteiger charge is 2.23. The fourth-order valence-electron chi connectivity index (χ4n) is 1.69. The summed E-state index contributed by atoms with van der Waals surface area (Å²) < 4.78 is 2.01. The van der Waals surface area contributed by atoms with E-state index in [1.807, 2.05) is 4.90 Å². The molecule has 0 saturated carbocycles. The predicted octanol–water partition coefficient (Wildman–Crippen LogP) is 2.44. The van der Waals surface area contributed by atoms with Gasteiger partial charge in [-0.3, -0.25) is 4.79 Å². The van der Waals surface area contributed by atoms with Crippen LogP contribution in [0.5, 0.6) is 0 Å². The van der Waals surface area contributed by atoms with Crippen molar-refractivity contribution in [3.63, 3.8) is 0 Å². The number of aromatic amines is 1. The molecule has 0 saturated heterocycles. The number of nitrogens with one attached hydrogen (secondary N) is 1. The van der Waals surface area contributed by atoms with Gasteiger partial charge in [-0.15, -0.1) is 0 Å². The molecule has 0 atom stereocenters. The van der Waals surface area contributed by atoms with E-state index in [1.165, 1.54) is 11.3 Å². The lowest BCUT2D eigenvalue weighted by Crippen LogP contribution is -2.34. The first-order valence-electron chi connectivity index (χ1n) is 4.40. The lowest BCUT2D eigenvalue weighted by molar-refractivity contribution is -0.129. The molecule has 3 nitrogen and oxygen atoms in total. The molecular weight excluding hydrogens is 312 g/mol. The summed E-state index contributed by atoms with van der Waals surface area (Å²) in [7, 11) is 0. The van der Waals surface area contributed by atoms with E-state index >= 15 is 0 Å². The van der Waals surface area contributed by atoms with Gasteiger partial charge in [0.1, 0.15) is 0 Å². The van der Waals surface area contributed by atoms with Crippen LogP contribution >= 0.6 is 31.9 Å².